The van der Waals surface area contributed by atoms with Gasteiger partial charge in [-0.05, 0) is 50.5 Å². The fourth-order valence-corrected chi connectivity index (χ4v) is 4.38. The average Bonchev–Trinajstić information content (AvgIpc) is 3.17. The molecular weight excluding hydrogens is 420 g/mol. The molecule has 4 aromatic rings. The van der Waals surface area contributed by atoms with Gasteiger partial charge in [0.1, 0.15) is 5.52 Å². The van der Waals surface area contributed by atoms with Gasteiger partial charge in [0.15, 0.2) is 5.16 Å². The number of aryl methyl sites for hydroxylation is 3. The number of fused-ring (bicyclic) bond motifs is 1. The van der Waals surface area contributed by atoms with Crippen molar-refractivity contribution >= 4 is 28.7 Å². The Hall–Kier alpha value is -3.32. The largest absolute Gasteiger partial charge is 0.355 e. The van der Waals surface area contributed by atoms with E-state index in [-0.39, 0.29) is 17.2 Å². The third-order valence-electron chi connectivity index (χ3n) is 5.19. The molecule has 0 atom stereocenters. The van der Waals surface area contributed by atoms with E-state index in [0.717, 1.165) is 29.8 Å². The second-order valence-corrected chi connectivity index (χ2v) is 8.75. The van der Waals surface area contributed by atoms with Gasteiger partial charge in [-0.15, -0.1) is 0 Å². The topological polar surface area (TPSA) is 79.8 Å². The lowest BCUT2D eigenvalue weighted by molar-refractivity contribution is -0.118. The first kappa shape index (κ1) is 21.9. The fourth-order valence-electron chi connectivity index (χ4n) is 3.54. The van der Waals surface area contributed by atoms with E-state index in [1.807, 2.05) is 62.4 Å². The standard InChI is InChI=1S/C25H26N4O2S/c1-17-10-12-20(13-11-17)29-24(31)23-21(15-18(2)27-23)28-25(29)32-16-22(30)26-14-6-9-19-7-4-3-5-8-19/h3-5,7-8,10-13,15,27H,6,9,14,16H2,1-2H3,(H,26,30). The Kier molecular flexibility index (Phi) is 6.75. The number of benzene rings is 2. The minimum Gasteiger partial charge on any atom is -0.355 e. The molecule has 0 aliphatic heterocycles. The third kappa shape index (κ3) is 5.11. The molecule has 4 rings (SSSR count). The molecule has 164 valence electrons. The van der Waals surface area contributed by atoms with E-state index in [1.54, 1.807) is 4.57 Å². The van der Waals surface area contributed by atoms with E-state index in [2.05, 4.69) is 27.4 Å². The van der Waals surface area contributed by atoms with Crippen molar-refractivity contribution in [3.63, 3.8) is 0 Å². The molecule has 2 aromatic heterocycles. The van der Waals surface area contributed by atoms with Crippen molar-refractivity contribution in [3.05, 3.63) is 87.8 Å². The van der Waals surface area contributed by atoms with Crippen LogP contribution in [0.4, 0.5) is 0 Å². The van der Waals surface area contributed by atoms with Gasteiger partial charge in [0, 0.05) is 12.2 Å². The molecule has 0 saturated heterocycles. The minimum atomic E-state index is -0.169. The summed E-state index contributed by atoms with van der Waals surface area (Å²) >= 11 is 1.27. The van der Waals surface area contributed by atoms with E-state index < -0.39 is 0 Å². The van der Waals surface area contributed by atoms with Crippen LogP contribution in [0.1, 0.15) is 23.2 Å². The monoisotopic (exact) mass is 446 g/mol. The molecular formula is C25H26N4O2S. The van der Waals surface area contributed by atoms with Crippen molar-refractivity contribution < 1.29 is 4.79 Å². The molecule has 32 heavy (non-hydrogen) atoms. The van der Waals surface area contributed by atoms with Gasteiger partial charge in [0.25, 0.3) is 5.56 Å². The van der Waals surface area contributed by atoms with Crippen molar-refractivity contribution in [1.82, 2.24) is 19.9 Å². The van der Waals surface area contributed by atoms with Gasteiger partial charge in [-0.3, -0.25) is 14.2 Å². The Morgan fingerprint density at radius 2 is 1.84 bits per heavy atom. The number of H-pyrrole nitrogens is 1. The molecule has 6 nitrogen and oxygen atoms in total. The zero-order valence-corrected chi connectivity index (χ0v) is 19.0. The van der Waals surface area contributed by atoms with Gasteiger partial charge < -0.3 is 10.3 Å². The maximum absolute atomic E-state index is 13.2. The molecule has 2 N–H and O–H groups in total. The molecule has 2 aromatic carbocycles. The molecule has 1 amide bonds. The number of nitrogens with one attached hydrogen (secondary N) is 2. The van der Waals surface area contributed by atoms with Crippen molar-refractivity contribution in [2.45, 2.75) is 31.8 Å². The van der Waals surface area contributed by atoms with E-state index in [0.29, 0.717) is 22.7 Å². The molecule has 0 aliphatic rings. The molecule has 0 saturated carbocycles. The molecule has 0 aliphatic carbocycles. The average molecular weight is 447 g/mol. The number of hydrogen-bond donors (Lipinski definition) is 2. The first-order valence-corrected chi connectivity index (χ1v) is 11.6. The predicted molar refractivity (Wildman–Crippen MR) is 130 cm³/mol. The lowest BCUT2D eigenvalue weighted by Gasteiger charge is -2.12. The molecule has 0 bridgehead atoms. The van der Waals surface area contributed by atoms with E-state index >= 15 is 0 Å². The summed E-state index contributed by atoms with van der Waals surface area (Å²) in [5.41, 5.74) is 4.89. The maximum Gasteiger partial charge on any atom is 0.283 e. The van der Waals surface area contributed by atoms with Crippen molar-refractivity contribution in [1.29, 1.82) is 0 Å². The number of carbonyl (C=O) groups is 1. The van der Waals surface area contributed by atoms with Gasteiger partial charge in [-0.2, -0.15) is 0 Å². The van der Waals surface area contributed by atoms with E-state index in [1.165, 1.54) is 17.3 Å². The van der Waals surface area contributed by atoms with Crippen LogP contribution in [0.25, 0.3) is 16.7 Å². The van der Waals surface area contributed by atoms with E-state index in [9.17, 15) is 9.59 Å². The van der Waals surface area contributed by atoms with Crippen LogP contribution in [0.2, 0.25) is 0 Å². The van der Waals surface area contributed by atoms with Crippen molar-refractivity contribution in [2.24, 2.45) is 0 Å². The van der Waals surface area contributed by atoms with Gasteiger partial charge >= 0.3 is 0 Å². The van der Waals surface area contributed by atoms with Crippen molar-refractivity contribution in [2.75, 3.05) is 12.3 Å². The fraction of sp³-hybridized carbons (Fsp3) is 0.240. The molecule has 7 heteroatoms. The van der Waals surface area contributed by atoms with Crippen LogP contribution in [0, 0.1) is 13.8 Å². The Labute approximate surface area is 191 Å². The van der Waals surface area contributed by atoms with Crippen LogP contribution in [-0.4, -0.2) is 32.7 Å². The first-order valence-electron chi connectivity index (χ1n) is 10.6. The number of hydrogen-bond acceptors (Lipinski definition) is 4. The Balaban J connectivity index is 1.47. The number of nitrogens with zero attached hydrogens (tertiary/aromatic N) is 2. The summed E-state index contributed by atoms with van der Waals surface area (Å²) in [4.78, 5) is 33.4. The second kappa shape index (κ2) is 9.87. The zero-order valence-electron chi connectivity index (χ0n) is 18.2. The summed E-state index contributed by atoms with van der Waals surface area (Å²) in [7, 11) is 0. The first-order chi connectivity index (χ1) is 15.5. The van der Waals surface area contributed by atoms with Crippen LogP contribution in [0.5, 0.6) is 0 Å². The summed E-state index contributed by atoms with van der Waals surface area (Å²) in [5.74, 6) is 0.122. The van der Waals surface area contributed by atoms with Crippen LogP contribution >= 0.6 is 11.8 Å². The van der Waals surface area contributed by atoms with Gasteiger partial charge in [-0.25, -0.2) is 4.98 Å². The Morgan fingerprint density at radius 1 is 1.09 bits per heavy atom. The summed E-state index contributed by atoms with van der Waals surface area (Å²) in [5, 5.41) is 3.47. The number of amides is 1. The number of rotatable bonds is 8. The number of carbonyl (C=O) groups excluding carboxylic acids is 1. The number of aromatic amines is 1. The number of thioether (sulfide) groups is 1. The summed E-state index contributed by atoms with van der Waals surface area (Å²) in [6.07, 6.45) is 1.80. The van der Waals surface area contributed by atoms with Crippen LogP contribution in [0.15, 0.2) is 70.6 Å². The lowest BCUT2D eigenvalue weighted by Crippen LogP contribution is -2.27. The highest BCUT2D eigenvalue weighted by molar-refractivity contribution is 7.99. The van der Waals surface area contributed by atoms with Crippen molar-refractivity contribution in [3.8, 4) is 5.69 Å². The maximum atomic E-state index is 13.2. The molecule has 0 unspecified atom stereocenters. The molecule has 0 spiro atoms. The molecule has 0 radical (unpaired) electrons. The Bertz CT molecular complexity index is 1280. The SMILES string of the molecule is Cc1ccc(-n2c(SCC(=O)NCCCc3ccccc3)nc3cc(C)[nH]c3c2=O)cc1. The van der Waals surface area contributed by atoms with Gasteiger partial charge in [0.05, 0.1) is 17.0 Å². The predicted octanol–water partition coefficient (Wildman–Crippen LogP) is 4.17. The summed E-state index contributed by atoms with van der Waals surface area (Å²) in [6.45, 7) is 4.51. The normalized spacial score (nSPS) is 11.1. The van der Waals surface area contributed by atoms with Crippen LogP contribution in [0.3, 0.4) is 0 Å². The second-order valence-electron chi connectivity index (χ2n) is 7.81. The number of aromatic nitrogens is 3. The molecule has 2 heterocycles. The molecule has 0 fully saturated rings. The highest BCUT2D eigenvalue weighted by atomic mass is 32.2. The minimum absolute atomic E-state index is 0.0712. The van der Waals surface area contributed by atoms with Crippen LogP contribution < -0.4 is 10.9 Å². The Morgan fingerprint density at radius 3 is 2.59 bits per heavy atom. The highest BCUT2D eigenvalue weighted by Crippen LogP contribution is 2.22. The summed E-state index contributed by atoms with van der Waals surface area (Å²) in [6, 6.07) is 19.8. The van der Waals surface area contributed by atoms with E-state index in [4.69, 9.17) is 0 Å². The van der Waals surface area contributed by atoms with Gasteiger partial charge in [-0.1, -0.05) is 59.8 Å². The lowest BCUT2D eigenvalue weighted by atomic mass is 10.1. The quantitative estimate of drug-likeness (QED) is 0.242. The van der Waals surface area contributed by atoms with Crippen LogP contribution in [-0.2, 0) is 11.2 Å². The highest BCUT2D eigenvalue weighted by Gasteiger charge is 2.16. The zero-order chi connectivity index (χ0) is 22.5. The summed E-state index contributed by atoms with van der Waals surface area (Å²) < 4.78 is 1.57. The third-order valence-corrected chi connectivity index (χ3v) is 6.13. The smallest absolute Gasteiger partial charge is 0.283 e. The van der Waals surface area contributed by atoms with Gasteiger partial charge in [0.2, 0.25) is 5.91 Å².